The maximum Gasteiger partial charge on any atom is 0.426 e. The Balaban J connectivity index is 2.10. The van der Waals surface area contributed by atoms with Gasteiger partial charge in [0.15, 0.2) is 0 Å². The second-order valence-electron chi connectivity index (χ2n) is 6.86. The monoisotopic (exact) mass is 310 g/mol. The second kappa shape index (κ2) is 5.62. The SMILES string of the molecule is C[C@@H]1C=C[C@H]2CN(NC(=O)OC(C)(C)C)C(=O)[C@@H]2[C@@H]1C(=O)O. The first-order valence-corrected chi connectivity index (χ1v) is 7.32. The van der Waals surface area contributed by atoms with E-state index in [1.54, 1.807) is 27.7 Å². The molecule has 0 aromatic carbocycles. The van der Waals surface area contributed by atoms with Crippen LogP contribution in [0.25, 0.3) is 0 Å². The molecule has 122 valence electrons. The summed E-state index contributed by atoms with van der Waals surface area (Å²) in [6.45, 7) is 7.22. The summed E-state index contributed by atoms with van der Waals surface area (Å²) in [5.74, 6) is -3.21. The topological polar surface area (TPSA) is 95.9 Å². The fourth-order valence-corrected chi connectivity index (χ4v) is 3.03. The maximum absolute atomic E-state index is 12.5. The normalized spacial score (nSPS) is 30.9. The largest absolute Gasteiger partial charge is 0.481 e. The number of carboxylic acids is 1. The van der Waals surface area contributed by atoms with Gasteiger partial charge in [-0.05, 0) is 26.7 Å². The summed E-state index contributed by atoms with van der Waals surface area (Å²) in [4.78, 5) is 35.7. The second-order valence-corrected chi connectivity index (χ2v) is 6.86. The zero-order valence-corrected chi connectivity index (χ0v) is 13.2. The number of carboxylic acid groups (broad SMARTS) is 1. The number of amides is 2. The highest BCUT2D eigenvalue weighted by Crippen LogP contribution is 2.39. The Bertz CT molecular complexity index is 523. The molecule has 1 fully saturated rings. The molecule has 22 heavy (non-hydrogen) atoms. The standard InChI is InChI=1S/C15H22N2O5/c1-8-5-6-9-7-17(16-14(21)22-15(2,3)4)12(18)11(9)10(8)13(19)20/h5-6,8-11H,7H2,1-4H3,(H,16,21)(H,19,20)/t8-,9+,10-,11+/m1/s1. The summed E-state index contributed by atoms with van der Waals surface area (Å²) in [6.07, 6.45) is 2.97. The fraction of sp³-hybridized carbons (Fsp3) is 0.667. The third-order valence-corrected chi connectivity index (χ3v) is 3.93. The number of nitrogens with zero attached hydrogens (tertiary/aromatic N) is 1. The van der Waals surface area contributed by atoms with E-state index >= 15 is 0 Å². The number of allylic oxidation sites excluding steroid dienone is 1. The van der Waals surface area contributed by atoms with Crippen molar-refractivity contribution in [1.29, 1.82) is 0 Å². The molecule has 1 heterocycles. The van der Waals surface area contributed by atoms with Crippen LogP contribution < -0.4 is 5.43 Å². The molecule has 0 bridgehead atoms. The number of ether oxygens (including phenoxy) is 1. The number of rotatable bonds is 2. The van der Waals surface area contributed by atoms with Gasteiger partial charge in [0.2, 0.25) is 5.91 Å². The number of nitrogens with one attached hydrogen (secondary N) is 1. The van der Waals surface area contributed by atoms with Crippen molar-refractivity contribution in [3.8, 4) is 0 Å². The van der Waals surface area contributed by atoms with Crippen LogP contribution in [0.2, 0.25) is 0 Å². The van der Waals surface area contributed by atoms with E-state index in [-0.39, 0.29) is 24.3 Å². The molecule has 0 aromatic rings. The Morgan fingerprint density at radius 2 is 2.00 bits per heavy atom. The Morgan fingerprint density at radius 1 is 1.36 bits per heavy atom. The summed E-state index contributed by atoms with van der Waals surface area (Å²) in [7, 11) is 0. The zero-order chi connectivity index (χ0) is 16.7. The van der Waals surface area contributed by atoms with Gasteiger partial charge in [-0.2, -0.15) is 0 Å². The maximum atomic E-state index is 12.5. The van der Waals surface area contributed by atoms with Gasteiger partial charge in [0.05, 0.1) is 11.8 Å². The molecule has 0 saturated carbocycles. The average molecular weight is 310 g/mol. The number of carbonyl (C=O) groups is 3. The van der Waals surface area contributed by atoms with Gasteiger partial charge in [0.25, 0.3) is 0 Å². The van der Waals surface area contributed by atoms with Crippen LogP contribution in [0.3, 0.4) is 0 Å². The molecule has 0 spiro atoms. The van der Waals surface area contributed by atoms with Crippen molar-refractivity contribution < 1.29 is 24.2 Å². The van der Waals surface area contributed by atoms with Crippen LogP contribution in [-0.2, 0) is 14.3 Å². The first-order valence-electron chi connectivity index (χ1n) is 7.32. The minimum atomic E-state index is -0.987. The van der Waals surface area contributed by atoms with E-state index in [2.05, 4.69) is 5.43 Å². The Kier molecular flexibility index (Phi) is 4.17. The van der Waals surface area contributed by atoms with E-state index in [0.29, 0.717) is 0 Å². The highest BCUT2D eigenvalue weighted by atomic mass is 16.6. The summed E-state index contributed by atoms with van der Waals surface area (Å²) >= 11 is 0. The molecular weight excluding hydrogens is 288 g/mol. The number of hydrogen-bond donors (Lipinski definition) is 2. The molecule has 2 aliphatic rings. The first kappa shape index (κ1) is 16.3. The summed E-state index contributed by atoms with van der Waals surface area (Å²) in [5.41, 5.74) is 1.74. The lowest BCUT2D eigenvalue weighted by molar-refractivity contribution is -0.150. The molecule has 1 aliphatic carbocycles. The number of hydrogen-bond acceptors (Lipinski definition) is 4. The Labute approximate surface area is 129 Å². The molecular formula is C15H22N2O5. The molecule has 4 atom stereocenters. The van der Waals surface area contributed by atoms with Gasteiger partial charge in [0.1, 0.15) is 5.60 Å². The summed E-state index contributed by atoms with van der Waals surface area (Å²) < 4.78 is 5.12. The van der Waals surface area contributed by atoms with Gasteiger partial charge in [-0.25, -0.2) is 10.2 Å². The van der Waals surface area contributed by atoms with Crippen LogP contribution in [0.5, 0.6) is 0 Å². The van der Waals surface area contributed by atoms with E-state index < -0.39 is 29.5 Å². The quantitative estimate of drug-likeness (QED) is 0.752. The summed E-state index contributed by atoms with van der Waals surface area (Å²) in [5, 5.41) is 10.5. The lowest BCUT2D eigenvalue weighted by Gasteiger charge is -2.29. The van der Waals surface area contributed by atoms with Gasteiger partial charge in [0, 0.05) is 12.5 Å². The van der Waals surface area contributed by atoms with Gasteiger partial charge in [-0.3, -0.25) is 14.6 Å². The van der Waals surface area contributed by atoms with Crippen LogP contribution >= 0.6 is 0 Å². The number of carbonyl (C=O) groups excluding carboxylic acids is 2. The predicted molar refractivity (Wildman–Crippen MR) is 77.5 cm³/mol. The van der Waals surface area contributed by atoms with Crippen molar-refractivity contribution in [2.75, 3.05) is 6.54 Å². The summed E-state index contributed by atoms with van der Waals surface area (Å²) in [6, 6.07) is 0. The molecule has 2 amide bonds. The van der Waals surface area contributed by atoms with Crippen LogP contribution in [0.15, 0.2) is 12.2 Å². The minimum Gasteiger partial charge on any atom is -0.481 e. The van der Waals surface area contributed by atoms with Gasteiger partial charge < -0.3 is 9.84 Å². The lowest BCUT2D eigenvalue weighted by atomic mass is 9.72. The third-order valence-electron chi connectivity index (χ3n) is 3.93. The van der Waals surface area contributed by atoms with Gasteiger partial charge >= 0.3 is 12.1 Å². The molecule has 7 nitrogen and oxygen atoms in total. The molecule has 0 unspecified atom stereocenters. The van der Waals surface area contributed by atoms with Crippen molar-refractivity contribution in [1.82, 2.24) is 10.4 Å². The van der Waals surface area contributed by atoms with E-state index in [0.717, 1.165) is 0 Å². The van der Waals surface area contributed by atoms with Gasteiger partial charge in [-0.1, -0.05) is 19.1 Å². The van der Waals surface area contributed by atoms with Crippen molar-refractivity contribution in [2.24, 2.45) is 23.7 Å². The fourth-order valence-electron chi connectivity index (χ4n) is 3.03. The molecule has 1 aliphatic heterocycles. The van der Waals surface area contributed by atoms with E-state index in [9.17, 15) is 19.5 Å². The van der Waals surface area contributed by atoms with Crippen LogP contribution in [0, 0.1) is 23.7 Å². The Hall–Kier alpha value is -2.05. The van der Waals surface area contributed by atoms with E-state index in [4.69, 9.17) is 4.74 Å². The molecule has 2 rings (SSSR count). The van der Waals surface area contributed by atoms with Crippen molar-refractivity contribution in [3.63, 3.8) is 0 Å². The number of fused-ring (bicyclic) bond motifs is 1. The zero-order valence-electron chi connectivity index (χ0n) is 13.2. The highest BCUT2D eigenvalue weighted by Gasteiger charge is 2.50. The lowest BCUT2D eigenvalue weighted by Crippen LogP contribution is -2.47. The van der Waals surface area contributed by atoms with Gasteiger partial charge in [-0.15, -0.1) is 0 Å². The first-order chi connectivity index (χ1) is 10.1. The third kappa shape index (κ3) is 3.23. The van der Waals surface area contributed by atoms with E-state index in [1.165, 1.54) is 5.01 Å². The molecule has 0 aromatic heterocycles. The van der Waals surface area contributed by atoms with Crippen molar-refractivity contribution >= 4 is 18.0 Å². The van der Waals surface area contributed by atoms with E-state index in [1.807, 2.05) is 12.2 Å². The van der Waals surface area contributed by atoms with Crippen LogP contribution in [0.4, 0.5) is 4.79 Å². The number of hydrazine groups is 1. The predicted octanol–water partition coefficient (Wildman–Crippen LogP) is 1.41. The van der Waals surface area contributed by atoms with Crippen molar-refractivity contribution in [2.45, 2.75) is 33.3 Å². The molecule has 0 radical (unpaired) electrons. The smallest absolute Gasteiger partial charge is 0.426 e. The number of aliphatic carboxylic acids is 1. The highest BCUT2D eigenvalue weighted by molar-refractivity contribution is 5.89. The molecule has 1 saturated heterocycles. The van der Waals surface area contributed by atoms with Crippen molar-refractivity contribution in [3.05, 3.63) is 12.2 Å². The molecule has 2 N–H and O–H groups in total. The minimum absolute atomic E-state index is 0.209. The molecule has 7 heteroatoms. The average Bonchev–Trinajstić information content (AvgIpc) is 2.64. The van der Waals surface area contributed by atoms with Crippen LogP contribution in [0.1, 0.15) is 27.7 Å². The van der Waals surface area contributed by atoms with Crippen LogP contribution in [-0.4, -0.2) is 40.2 Å². The Morgan fingerprint density at radius 3 is 2.55 bits per heavy atom.